The molecule has 6 unspecified atom stereocenters. The van der Waals surface area contributed by atoms with Crippen molar-refractivity contribution in [3.8, 4) is 0 Å². The van der Waals surface area contributed by atoms with Gasteiger partial charge in [-0.2, -0.15) is 0 Å². The fraction of sp³-hybridized carbons (Fsp3) is 1.00. The van der Waals surface area contributed by atoms with E-state index in [1.54, 1.807) is 0 Å². The van der Waals surface area contributed by atoms with E-state index >= 15 is 0 Å². The van der Waals surface area contributed by atoms with E-state index < -0.39 is 0 Å². The van der Waals surface area contributed by atoms with Crippen molar-refractivity contribution in [2.75, 3.05) is 0 Å². The van der Waals surface area contributed by atoms with Crippen molar-refractivity contribution < 1.29 is 0 Å². The molecule has 2 rings (SSSR count). The van der Waals surface area contributed by atoms with Crippen molar-refractivity contribution in [1.82, 2.24) is 0 Å². The first-order valence-electron chi connectivity index (χ1n) is 6.92. The van der Waals surface area contributed by atoms with Gasteiger partial charge in [-0.1, -0.05) is 48.0 Å². The predicted octanol–water partition coefficient (Wildman–Crippen LogP) is 4.60. The molecule has 0 heteroatoms. The Morgan fingerprint density at radius 3 is 2.27 bits per heavy atom. The van der Waals surface area contributed by atoms with E-state index in [0.717, 1.165) is 35.5 Å². The maximum Gasteiger partial charge on any atom is -0.0292 e. The van der Waals surface area contributed by atoms with Gasteiger partial charge in [-0.15, -0.1) is 0 Å². The molecule has 2 saturated carbocycles. The normalized spacial score (nSPS) is 54.2. The summed E-state index contributed by atoms with van der Waals surface area (Å²) < 4.78 is 0. The number of hydrogen-bond donors (Lipinski definition) is 0. The van der Waals surface area contributed by atoms with E-state index in [2.05, 4.69) is 41.5 Å². The Hall–Kier alpha value is 0. The van der Waals surface area contributed by atoms with Gasteiger partial charge in [0.25, 0.3) is 0 Å². The molecule has 2 aliphatic carbocycles. The van der Waals surface area contributed by atoms with Gasteiger partial charge in [0, 0.05) is 0 Å². The molecule has 0 aromatic rings. The van der Waals surface area contributed by atoms with Crippen LogP contribution in [0.5, 0.6) is 0 Å². The second-order valence-corrected chi connectivity index (χ2v) is 6.94. The third kappa shape index (κ3) is 1.40. The van der Waals surface area contributed by atoms with Crippen LogP contribution in [0.15, 0.2) is 0 Å². The summed E-state index contributed by atoms with van der Waals surface area (Å²) >= 11 is 0. The predicted molar refractivity (Wildman–Crippen MR) is 66.7 cm³/mol. The van der Waals surface area contributed by atoms with E-state index in [1.165, 1.54) is 12.8 Å². The smallest absolute Gasteiger partial charge is 0.0292 e. The third-order valence-corrected chi connectivity index (χ3v) is 6.07. The summed E-state index contributed by atoms with van der Waals surface area (Å²) in [4.78, 5) is 0. The van der Waals surface area contributed by atoms with Crippen molar-refractivity contribution in [3.63, 3.8) is 0 Å². The molecule has 0 saturated heterocycles. The molecule has 0 N–H and O–H groups in total. The topological polar surface area (TPSA) is 0 Å². The summed E-state index contributed by atoms with van der Waals surface area (Å²) in [7, 11) is 0. The van der Waals surface area contributed by atoms with Gasteiger partial charge in [0.15, 0.2) is 0 Å². The molecule has 2 fully saturated rings. The van der Waals surface area contributed by atoms with Crippen molar-refractivity contribution in [2.45, 2.75) is 54.4 Å². The third-order valence-electron chi connectivity index (χ3n) is 6.07. The van der Waals surface area contributed by atoms with Crippen LogP contribution in [0.4, 0.5) is 0 Å². The minimum atomic E-state index is 0.679. The standard InChI is InChI=1S/C15H28/c1-7-15(6)8-12-10(4)11(5)13(9(2)3)14(12)15/h9-14H,7-8H2,1-6H3. The van der Waals surface area contributed by atoms with Crippen molar-refractivity contribution in [3.05, 3.63) is 0 Å². The molecular weight excluding hydrogens is 180 g/mol. The summed E-state index contributed by atoms with van der Waals surface area (Å²) in [6, 6.07) is 0. The molecule has 15 heavy (non-hydrogen) atoms. The van der Waals surface area contributed by atoms with Crippen molar-refractivity contribution in [1.29, 1.82) is 0 Å². The van der Waals surface area contributed by atoms with Crippen molar-refractivity contribution >= 4 is 0 Å². The molecule has 88 valence electrons. The van der Waals surface area contributed by atoms with Crippen LogP contribution in [-0.4, -0.2) is 0 Å². The van der Waals surface area contributed by atoms with E-state index in [9.17, 15) is 0 Å². The monoisotopic (exact) mass is 208 g/mol. The van der Waals surface area contributed by atoms with Crippen LogP contribution in [0.3, 0.4) is 0 Å². The van der Waals surface area contributed by atoms with Gasteiger partial charge in [0.2, 0.25) is 0 Å². The zero-order valence-corrected chi connectivity index (χ0v) is 11.4. The Bertz CT molecular complexity index is 242. The highest BCUT2D eigenvalue weighted by atomic mass is 14.7. The molecule has 2 aliphatic rings. The average Bonchev–Trinajstić information content (AvgIpc) is 2.38. The van der Waals surface area contributed by atoms with Crippen LogP contribution < -0.4 is 0 Å². The fourth-order valence-corrected chi connectivity index (χ4v) is 4.89. The second kappa shape index (κ2) is 3.50. The Kier molecular flexibility index (Phi) is 2.68. The number of hydrogen-bond acceptors (Lipinski definition) is 0. The summed E-state index contributed by atoms with van der Waals surface area (Å²) in [6.07, 6.45) is 2.89. The van der Waals surface area contributed by atoms with Gasteiger partial charge >= 0.3 is 0 Å². The van der Waals surface area contributed by atoms with Gasteiger partial charge in [0.05, 0.1) is 0 Å². The molecule has 0 spiro atoms. The molecular formula is C15H28. The Labute approximate surface area is 95.8 Å². The highest BCUT2D eigenvalue weighted by molar-refractivity contribution is 5.09. The van der Waals surface area contributed by atoms with Crippen LogP contribution in [0.2, 0.25) is 0 Å². The number of rotatable bonds is 2. The highest BCUT2D eigenvalue weighted by Crippen LogP contribution is 2.67. The van der Waals surface area contributed by atoms with Crippen LogP contribution in [0, 0.1) is 40.9 Å². The Balaban J connectivity index is 2.24. The molecule has 0 radical (unpaired) electrons. The van der Waals surface area contributed by atoms with Crippen LogP contribution in [-0.2, 0) is 0 Å². The van der Waals surface area contributed by atoms with Gasteiger partial charge < -0.3 is 0 Å². The van der Waals surface area contributed by atoms with Gasteiger partial charge in [0.1, 0.15) is 0 Å². The lowest BCUT2D eigenvalue weighted by molar-refractivity contribution is -0.0549. The summed E-state index contributed by atoms with van der Waals surface area (Å²) in [6.45, 7) is 14.8. The van der Waals surface area contributed by atoms with E-state index in [0.29, 0.717) is 5.41 Å². The molecule has 0 heterocycles. The first-order valence-corrected chi connectivity index (χ1v) is 6.92. The quantitative estimate of drug-likeness (QED) is 0.622. The summed E-state index contributed by atoms with van der Waals surface area (Å²) in [5.41, 5.74) is 0.679. The minimum absolute atomic E-state index is 0.679. The highest BCUT2D eigenvalue weighted by Gasteiger charge is 2.61. The lowest BCUT2D eigenvalue weighted by atomic mass is 9.51. The van der Waals surface area contributed by atoms with E-state index in [-0.39, 0.29) is 0 Å². The van der Waals surface area contributed by atoms with Crippen LogP contribution >= 0.6 is 0 Å². The fourth-order valence-electron chi connectivity index (χ4n) is 4.89. The molecule has 0 amide bonds. The van der Waals surface area contributed by atoms with Crippen LogP contribution in [0.25, 0.3) is 0 Å². The lowest BCUT2D eigenvalue weighted by Crippen LogP contribution is -2.47. The summed E-state index contributed by atoms with van der Waals surface area (Å²) in [5, 5.41) is 0. The maximum absolute atomic E-state index is 2.54. The largest absolute Gasteiger partial charge is 0.0649 e. The Morgan fingerprint density at radius 2 is 1.80 bits per heavy atom. The first kappa shape index (κ1) is 11.5. The maximum atomic E-state index is 2.54. The van der Waals surface area contributed by atoms with Crippen molar-refractivity contribution in [2.24, 2.45) is 40.9 Å². The molecule has 6 atom stereocenters. The zero-order chi connectivity index (χ0) is 11.4. The van der Waals surface area contributed by atoms with E-state index in [4.69, 9.17) is 0 Å². The Morgan fingerprint density at radius 1 is 1.20 bits per heavy atom. The molecule has 0 aromatic heterocycles. The SMILES string of the molecule is CCC1(C)CC2C(C)C(C)C(C(C)C)C21. The molecule has 0 bridgehead atoms. The molecule has 0 aromatic carbocycles. The van der Waals surface area contributed by atoms with Crippen LogP contribution in [0.1, 0.15) is 54.4 Å². The summed E-state index contributed by atoms with van der Waals surface area (Å²) in [5.74, 6) is 5.88. The van der Waals surface area contributed by atoms with Gasteiger partial charge in [-0.25, -0.2) is 0 Å². The zero-order valence-electron chi connectivity index (χ0n) is 11.4. The first-order chi connectivity index (χ1) is 6.92. The molecule has 0 aliphatic heterocycles. The minimum Gasteiger partial charge on any atom is -0.0649 e. The van der Waals surface area contributed by atoms with Gasteiger partial charge in [-0.3, -0.25) is 0 Å². The lowest BCUT2D eigenvalue weighted by Gasteiger charge is -2.54. The molecule has 0 nitrogen and oxygen atoms in total. The van der Waals surface area contributed by atoms with Gasteiger partial charge in [-0.05, 0) is 47.3 Å². The van der Waals surface area contributed by atoms with E-state index in [1.807, 2.05) is 0 Å². The second-order valence-electron chi connectivity index (χ2n) is 6.94. The average molecular weight is 208 g/mol. The number of fused-ring (bicyclic) bond motifs is 1.